The van der Waals surface area contributed by atoms with Gasteiger partial charge in [0.15, 0.2) is 0 Å². The summed E-state index contributed by atoms with van der Waals surface area (Å²) >= 11 is 0. The van der Waals surface area contributed by atoms with Crippen molar-refractivity contribution in [2.45, 2.75) is 25.4 Å². The van der Waals surface area contributed by atoms with Crippen LogP contribution in [-0.2, 0) is 11.3 Å². The molecule has 1 N–H and O–H groups in total. The summed E-state index contributed by atoms with van der Waals surface area (Å²) in [6.07, 6.45) is 2.06. The van der Waals surface area contributed by atoms with E-state index in [1.807, 2.05) is 18.2 Å². The van der Waals surface area contributed by atoms with Gasteiger partial charge in [-0.15, -0.1) is 0 Å². The van der Waals surface area contributed by atoms with Crippen molar-refractivity contribution in [1.29, 1.82) is 0 Å². The topological polar surface area (TPSA) is 45.2 Å². The zero-order valence-electron chi connectivity index (χ0n) is 10.6. The van der Waals surface area contributed by atoms with Crippen molar-refractivity contribution in [3.05, 3.63) is 35.9 Å². The van der Waals surface area contributed by atoms with Crippen molar-refractivity contribution in [2.24, 2.45) is 0 Å². The molecule has 1 aromatic heterocycles. The van der Waals surface area contributed by atoms with Crippen LogP contribution in [0.25, 0.3) is 10.9 Å². The molecule has 2 aliphatic rings. The lowest BCUT2D eigenvalue weighted by atomic mass is 10.1. The van der Waals surface area contributed by atoms with Gasteiger partial charge in [-0.3, -0.25) is 9.69 Å². The van der Waals surface area contributed by atoms with Gasteiger partial charge in [-0.1, -0.05) is 18.2 Å². The molecule has 2 aromatic rings. The second kappa shape index (κ2) is 4.03. The first kappa shape index (κ1) is 10.9. The van der Waals surface area contributed by atoms with E-state index in [4.69, 9.17) is 0 Å². The number of nitrogens with zero attached hydrogens (tertiary/aromatic N) is 2. The highest BCUT2D eigenvalue weighted by atomic mass is 16.2. The number of hydrogen-bond acceptors (Lipinski definition) is 3. The van der Waals surface area contributed by atoms with Crippen LogP contribution in [0.1, 0.15) is 18.4 Å². The van der Waals surface area contributed by atoms with Crippen molar-refractivity contribution in [2.75, 3.05) is 11.9 Å². The van der Waals surface area contributed by atoms with Gasteiger partial charge in [0.2, 0.25) is 5.91 Å². The van der Waals surface area contributed by atoms with E-state index in [0.29, 0.717) is 0 Å². The Hall–Kier alpha value is -1.94. The lowest BCUT2D eigenvalue weighted by Crippen LogP contribution is -2.36. The summed E-state index contributed by atoms with van der Waals surface area (Å²) in [5.74, 6) is 0.831. The van der Waals surface area contributed by atoms with E-state index in [1.165, 1.54) is 0 Å². The maximum atomic E-state index is 12.2. The molecule has 19 heavy (non-hydrogen) atoms. The molecule has 1 aromatic carbocycles. The Kier molecular flexibility index (Phi) is 2.32. The number of benzene rings is 1. The fraction of sp³-hybridized carbons (Fsp3) is 0.333. The second-order valence-corrected chi connectivity index (χ2v) is 5.31. The summed E-state index contributed by atoms with van der Waals surface area (Å²) in [7, 11) is 0. The third-order valence-electron chi connectivity index (χ3n) is 4.08. The fourth-order valence-corrected chi connectivity index (χ4v) is 3.12. The second-order valence-electron chi connectivity index (χ2n) is 5.31. The average molecular weight is 253 g/mol. The predicted octanol–water partition coefficient (Wildman–Crippen LogP) is 2.15. The molecule has 0 saturated carbocycles. The van der Waals surface area contributed by atoms with E-state index in [-0.39, 0.29) is 11.9 Å². The Morgan fingerprint density at radius 2 is 2.21 bits per heavy atom. The number of carbonyl (C=O) groups excluding carboxylic acids is 1. The number of fused-ring (bicyclic) bond motifs is 3. The summed E-state index contributed by atoms with van der Waals surface area (Å²) in [5.41, 5.74) is 2.06. The van der Waals surface area contributed by atoms with E-state index in [1.54, 1.807) is 0 Å². The van der Waals surface area contributed by atoms with Gasteiger partial charge >= 0.3 is 0 Å². The highest BCUT2D eigenvalue weighted by molar-refractivity contribution is 5.97. The van der Waals surface area contributed by atoms with Gasteiger partial charge in [0.05, 0.1) is 11.6 Å². The van der Waals surface area contributed by atoms with Gasteiger partial charge in [-0.05, 0) is 31.5 Å². The molecule has 2 aliphatic heterocycles. The zero-order valence-corrected chi connectivity index (χ0v) is 10.6. The third kappa shape index (κ3) is 1.71. The van der Waals surface area contributed by atoms with E-state index in [2.05, 4.69) is 27.3 Å². The Morgan fingerprint density at radius 3 is 3.16 bits per heavy atom. The van der Waals surface area contributed by atoms with E-state index >= 15 is 0 Å². The van der Waals surface area contributed by atoms with Crippen LogP contribution in [0.4, 0.5) is 5.82 Å². The number of anilines is 1. The smallest absolute Gasteiger partial charge is 0.242 e. The van der Waals surface area contributed by atoms with Crippen molar-refractivity contribution in [1.82, 2.24) is 9.88 Å². The SMILES string of the molecule is O=C1Nc2nc3ccccc3cc2CN2CCC[C@@H]12. The largest absolute Gasteiger partial charge is 0.309 e. The van der Waals surface area contributed by atoms with Crippen molar-refractivity contribution >= 4 is 22.6 Å². The van der Waals surface area contributed by atoms with Crippen LogP contribution < -0.4 is 5.32 Å². The van der Waals surface area contributed by atoms with Gasteiger partial charge in [0, 0.05) is 17.5 Å². The summed E-state index contributed by atoms with van der Waals surface area (Å²) in [5, 5.41) is 4.13. The first-order chi connectivity index (χ1) is 9.31. The molecule has 4 rings (SSSR count). The molecule has 4 heteroatoms. The fourth-order valence-electron chi connectivity index (χ4n) is 3.12. The van der Waals surface area contributed by atoms with Crippen molar-refractivity contribution in [3.63, 3.8) is 0 Å². The summed E-state index contributed by atoms with van der Waals surface area (Å²) in [6.45, 7) is 1.82. The molecule has 1 fully saturated rings. The standard InChI is InChI=1S/C15H15N3O/c19-15-13-6-3-7-18(13)9-11-8-10-4-1-2-5-12(10)16-14(11)17-15/h1-2,4-5,8,13H,3,6-7,9H2,(H,16,17,19)/t13-/m0/s1. The third-order valence-corrected chi connectivity index (χ3v) is 4.08. The minimum atomic E-state index is 0.0253. The number of rotatable bonds is 0. The summed E-state index contributed by atoms with van der Waals surface area (Å²) < 4.78 is 0. The van der Waals surface area contributed by atoms with Crippen LogP contribution in [0.2, 0.25) is 0 Å². The van der Waals surface area contributed by atoms with E-state index < -0.39 is 0 Å². The zero-order chi connectivity index (χ0) is 12.8. The van der Waals surface area contributed by atoms with Gasteiger partial charge in [0.1, 0.15) is 5.82 Å². The minimum Gasteiger partial charge on any atom is -0.309 e. The molecule has 1 amide bonds. The van der Waals surface area contributed by atoms with E-state index in [9.17, 15) is 4.79 Å². The van der Waals surface area contributed by atoms with Crippen LogP contribution in [-0.4, -0.2) is 28.4 Å². The van der Waals surface area contributed by atoms with Crippen molar-refractivity contribution < 1.29 is 4.79 Å². The summed E-state index contributed by atoms with van der Waals surface area (Å²) in [6, 6.07) is 10.2. The molecule has 0 unspecified atom stereocenters. The number of para-hydroxylation sites is 1. The molecule has 4 nitrogen and oxygen atoms in total. The van der Waals surface area contributed by atoms with Gasteiger partial charge in [-0.25, -0.2) is 4.98 Å². The van der Waals surface area contributed by atoms with Gasteiger partial charge < -0.3 is 5.32 Å². The predicted molar refractivity (Wildman–Crippen MR) is 73.8 cm³/mol. The monoisotopic (exact) mass is 253 g/mol. The van der Waals surface area contributed by atoms with Crippen molar-refractivity contribution in [3.8, 4) is 0 Å². The Balaban J connectivity index is 1.86. The maximum Gasteiger partial charge on any atom is 0.242 e. The van der Waals surface area contributed by atoms with Crippen LogP contribution in [0, 0.1) is 0 Å². The van der Waals surface area contributed by atoms with Gasteiger partial charge in [0.25, 0.3) is 0 Å². The van der Waals surface area contributed by atoms with Crippen LogP contribution in [0.5, 0.6) is 0 Å². The molecule has 1 saturated heterocycles. The Morgan fingerprint density at radius 1 is 1.32 bits per heavy atom. The summed E-state index contributed by atoms with van der Waals surface area (Å²) in [4.78, 5) is 19.1. The number of hydrogen-bond donors (Lipinski definition) is 1. The van der Waals surface area contributed by atoms with Gasteiger partial charge in [-0.2, -0.15) is 0 Å². The number of carbonyl (C=O) groups is 1. The number of pyridine rings is 1. The molecule has 1 atom stereocenters. The Bertz CT molecular complexity index is 667. The lowest BCUT2D eigenvalue weighted by molar-refractivity contribution is -0.120. The molecule has 0 radical (unpaired) electrons. The normalized spacial score (nSPS) is 22.7. The first-order valence-electron chi connectivity index (χ1n) is 6.75. The maximum absolute atomic E-state index is 12.2. The highest BCUT2D eigenvalue weighted by Crippen LogP contribution is 2.29. The van der Waals surface area contributed by atoms with E-state index in [0.717, 1.165) is 48.2 Å². The minimum absolute atomic E-state index is 0.0253. The number of amides is 1. The molecule has 96 valence electrons. The first-order valence-corrected chi connectivity index (χ1v) is 6.75. The number of aromatic nitrogens is 1. The molecule has 0 bridgehead atoms. The molecular weight excluding hydrogens is 238 g/mol. The van der Waals surface area contributed by atoms with Crippen LogP contribution in [0.3, 0.4) is 0 Å². The quantitative estimate of drug-likeness (QED) is 0.782. The Labute approximate surface area is 111 Å². The average Bonchev–Trinajstić information content (AvgIpc) is 2.83. The highest BCUT2D eigenvalue weighted by Gasteiger charge is 2.34. The lowest BCUT2D eigenvalue weighted by Gasteiger charge is -2.19. The van der Waals surface area contributed by atoms with Crippen LogP contribution in [0.15, 0.2) is 30.3 Å². The molecule has 0 spiro atoms. The molecular formula is C15H15N3O. The molecule has 0 aliphatic carbocycles. The van der Waals surface area contributed by atoms with Crippen LogP contribution >= 0.6 is 0 Å². The number of nitrogens with one attached hydrogen (secondary N) is 1. The molecule has 3 heterocycles.